The summed E-state index contributed by atoms with van der Waals surface area (Å²) >= 11 is 9.48. The van der Waals surface area contributed by atoms with Gasteiger partial charge in [-0.15, -0.1) is 0 Å². The molecule has 3 nitrogen and oxygen atoms in total. The number of rotatable bonds is 7. The van der Waals surface area contributed by atoms with Gasteiger partial charge in [-0.25, -0.2) is 0 Å². The van der Waals surface area contributed by atoms with E-state index in [9.17, 15) is 0 Å². The molecule has 1 aromatic carbocycles. The Bertz CT molecular complexity index is 349. The van der Waals surface area contributed by atoms with Gasteiger partial charge in [-0.1, -0.05) is 27.5 Å². The zero-order valence-corrected chi connectivity index (χ0v) is 12.0. The van der Waals surface area contributed by atoms with Gasteiger partial charge in [0.1, 0.15) is 0 Å². The van der Waals surface area contributed by atoms with Gasteiger partial charge in [0.05, 0.1) is 0 Å². The second kappa shape index (κ2) is 8.06. The van der Waals surface area contributed by atoms with Crippen molar-refractivity contribution >= 4 is 27.5 Å². The molecule has 1 rings (SSSR count). The van der Waals surface area contributed by atoms with Crippen molar-refractivity contribution < 1.29 is 5.11 Å². The molecule has 17 heavy (non-hydrogen) atoms. The van der Waals surface area contributed by atoms with Crippen molar-refractivity contribution in [3.63, 3.8) is 0 Å². The van der Waals surface area contributed by atoms with Crippen LogP contribution in [0.25, 0.3) is 0 Å². The molecule has 1 aromatic rings. The van der Waals surface area contributed by atoms with Crippen LogP contribution in [0.4, 0.5) is 0 Å². The van der Waals surface area contributed by atoms with E-state index >= 15 is 0 Å². The Kier molecular flexibility index (Phi) is 7.08. The van der Waals surface area contributed by atoms with Crippen molar-refractivity contribution in [3.05, 3.63) is 33.3 Å². The molecule has 0 spiro atoms. The van der Waals surface area contributed by atoms with E-state index in [1.165, 1.54) is 0 Å². The van der Waals surface area contributed by atoms with Crippen LogP contribution < -0.4 is 11.1 Å². The van der Waals surface area contributed by atoms with Gasteiger partial charge in [-0.3, -0.25) is 0 Å². The van der Waals surface area contributed by atoms with Gasteiger partial charge in [0.25, 0.3) is 0 Å². The standard InChI is InChI=1S/C12H18BrClN2O/c13-11-4-3-9(14)7-10(11)12(8-15)16-5-1-2-6-17/h3-4,7,12,16-17H,1-2,5-6,8,15H2. The first kappa shape index (κ1) is 14.9. The van der Waals surface area contributed by atoms with Gasteiger partial charge < -0.3 is 16.2 Å². The highest BCUT2D eigenvalue weighted by Gasteiger charge is 2.12. The Morgan fingerprint density at radius 3 is 2.82 bits per heavy atom. The smallest absolute Gasteiger partial charge is 0.0456 e. The molecule has 0 amide bonds. The van der Waals surface area contributed by atoms with Crippen molar-refractivity contribution in [2.45, 2.75) is 18.9 Å². The first-order valence-corrected chi connectivity index (χ1v) is 6.85. The first-order valence-electron chi connectivity index (χ1n) is 5.68. The maximum Gasteiger partial charge on any atom is 0.0456 e. The zero-order chi connectivity index (χ0) is 12.7. The summed E-state index contributed by atoms with van der Waals surface area (Å²) in [6, 6.07) is 5.77. The van der Waals surface area contributed by atoms with Crippen molar-refractivity contribution in [1.29, 1.82) is 0 Å². The summed E-state index contributed by atoms with van der Waals surface area (Å²) in [4.78, 5) is 0. The van der Waals surface area contributed by atoms with Gasteiger partial charge in [0.2, 0.25) is 0 Å². The molecule has 5 heteroatoms. The van der Waals surface area contributed by atoms with Crippen molar-refractivity contribution in [3.8, 4) is 0 Å². The molecular weight excluding hydrogens is 304 g/mol. The summed E-state index contributed by atoms with van der Waals surface area (Å²) in [5.74, 6) is 0. The Balaban J connectivity index is 2.62. The summed E-state index contributed by atoms with van der Waals surface area (Å²) in [7, 11) is 0. The minimum atomic E-state index is 0.0850. The third-order valence-corrected chi connectivity index (χ3v) is 3.50. The van der Waals surface area contributed by atoms with E-state index in [0.717, 1.165) is 29.4 Å². The lowest BCUT2D eigenvalue weighted by Crippen LogP contribution is -2.29. The lowest BCUT2D eigenvalue weighted by molar-refractivity contribution is 0.282. The normalized spacial score (nSPS) is 12.7. The van der Waals surface area contributed by atoms with Gasteiger partial charge in [0.15, 0.2) is 0 Å². The lowest BCUT2D eigenvalue weighted by Gasteiger charge is -2.19. The third-order valence-electron chi connectivity index (χ3n) is 2.54. The molecule has 0 aliphatic rings. The number of aliphatic hydroxyl groups is 1. The van der Waals surface area contributed by atoms with Crippen LogP contribution in [0.2, 0.25) is 5.02 Å². The van der Waals surface area contributed by atoms with E-state index in [1.807, 2.05) is 18.2 Å². The zero-order valence-electron chi connectivity index (χ0n) is 9.63. The summed E-state index contributed by atoms with van der Waals surface area (Å²) in [5.41, 5.74) is 6.84. The molecule has 0 saturated heterocycles. The maximum atomic E-state index is 8.71. The highest BCUT2D eigenvalue weighted by molar-refractivity contribution is 9.10. The summed E-state index contributed by atoms with van der Waals surface area (Å²) < 4.78 is 1.01. The highest BCUT2D eigenvalue weighted by atomic mass is 79.9. The predicted molar refractivity (Wildman–Crippen MR) is 75.3 cm³/mol. The van der Waals surface area contributed by atoms with E-state index in [0.29, 0.717) is 11.6 Å². The number of hydrogen-bond acceptors (Lipinski definition) is 3. The van der Waals surface area contributed by atoms with Crippen LogP contribution in [0.5, 0.6) is 0 Å². The number of unbranched alkanes of at least 4 members (excludes halogenated alkanes) is 1. The molecule has 0 heterocycles. The second-order valence-electron chi connectivity index (χ2n) is 3.84. The van der Waals surface area contributed by atoms with E-state index in [4.69, 9.17) is 22.4 Å². The highest BCUT2D eigenvalue weighted by Crippen LogP contribution is 2.26. The van der Waals surface area contributed by atoms with Crippen molar-refractivity contribution in [2.75, 3.05) is 19.7 Å². The average Bonchev–Trinajstić information content (AvgIpc) is 2.33. The first-order chi connectivity index (χ1) is 8.19. The lowest BCUT2D eigenvalue weighted by atomic mass is 10.1. The van der Waals surface area contributed by atoms with Crippen molar-refractivity contribution in [1.82, 2.24) is 5.32 Å². The molecule has 0 fully saturated rings. The Morgan fingerprint density at radius 1 is 1.41 bits per heavy atom. The van der Waals surface area contributed by atoms with Crippen LogP contribution in [0, 0.1) is 0 Å². The number of hydrogen-bond donors (Lipinski definition) is 3. The van der Waals surface area contributed by atoms with Crippen LogP contribution in [0.15, 0.2) is 22.7 Å². The number of benzene rings is 1. The van der Waals surface area contributed by atoms with E-state index in [1.54, 1.807) is 0 Å². The fraction of sp³-hybridized carbons (Fsp3) is 0.500. The summed E-state index contributed by atoms with van der Waals surface area (Å²) in [6.45, 7) is 1.58. The predicted octanol–water partition coefficient (Wildman–Crippen LogP) is 2.46. The van der Waals surface area contributed by atoms with E-state index in [2.05, 4.69) is 21.2 Å². The van der Waals surface area contributed by atoms with Gasteiger partial charge in [-0.2, -0.15) is 0 Å². The molecule has 0 radical (unpaired) electrons. The maximum absolute atomic E-state index is 8.71. The van der Waals surface area contributed by atoms with E-state index < -0.39 is 0 Å². The van der Waals surface area contributed by atoms with E-state index in [-0.39, 0.29) is 12.6 Å². The molecule has 1 atom stereocenters. The fourth-order valence-corrected chi connectivity index (χ4v) is 2.32. The number of nitrogens with one attached hydrogen (secondary N) is 1. The largest absolute Gasteiger partial charge is 0.396 e. The van der Waals surface area contributed by atoms with Crippen LogP contribution >= 0.6 is 27.5 Å². The van der Waals surface area contributed by atoms with Gasteiger partial charge in [0, 0.05) is 28.7 Å². The number of nitrogens with two attached hydrogens (primary N) is 1. The molecule has 0 bridgehead atoms. The van der Waals surface area contributed by atoms with Crippen LogP contribution in [-0.4, -0.2) is 24.8 Å². The molecule has 1 unspecified atom stereocenters. The van der Waals surface area contributed by atoms with Gasteiger partial charge >= 0.3 is 0 Å². The molecule has 4 N–H and O–H groups in total. The van der Waals surface area contributed by atoms with Gasteiger partial charge in [-0.05, 0) is 43.1 Å². The summed E-state index contributed by atoms with van der Waals surface area (Å²) in [6.07, 6.45) is 1.74. The molecular formula is C12H18BrClN2O. The third kappa shape index (κ3) is 4.94. The topological polar surface area (TPSA) is 58.3 Å². The minimum Gasteiger partial charge on any atom is -0.396 e. The Labute approximate surface area is 115 Å². The Morgan fingerprint density at radius 2 is 2.18 bits per heavy atom. The molecule has 0 aliphatic carbocycles. The number of halogens is 2. The second-order valence-corrected chi connectivity index (χ2v) is 5.13. The molecule has 96 valence electrons. The van der Waals surface area contributed by atoms with Crippen LogP contribution in [0.1, 0.15) is 24.4 Å². The fourth-order valence-electron chi connectivity index (χ4n) is 1.61. The quantitative estimate of drug-likeness (QED) is 0.676. The summed E-state index contributed by atoms with van der Waals surface area (Å²) in [5, 5.41) is 12.8. The van der Waals surface area contributed by atoms with Crippen molar-refractivity contribution in [2.24, 2.45) is 5.73 Å². The molecule has 0 aromatic heterocycles. The average molecular weight is 322 g/mol. The number of aliphatic hydroxyl groups excluding tert-OH is 1. The molecule has 0 aliphatic heterocycles. The van der Waals surface area contributed by atoms with Crippen LogP contribution in [0.3, 0.4) is 0 Å². The molecule has 0 saturated carbocycles. The SMILES string of the molecule is NCC(NCCCCO)c1cc(Cl)ccc1Br. The monoisotopic (exact) mass is 320 g/mol. The minimum absolute atomic E-state index is 0.0850. The Hall–Kier alpha value is -0.130. The van der Waals surface area contributed by atoms with Crippen LogP contribution in [-0.2, 0) is 0 Å².